The van der Waals surface area contributed by atoms with E-state index in [9.17, 15) is 5.11 Å². The molecule has 4 heteroatoms. The Hall–Kier alpha value is -0.160. The fraction of sp³-hybridized carbons (Fsp3) is 1.00. The summed E-state index contributed by atoms with van der Waals surface area (Å²) in [6.45, 7) is 9.46. The second kappa shape index (κ2) is 7.22. The molecule has 2 atom stereocenters. The standard InChI is InChI=1S/C12H29N3O/c1-6-15(11(2)9-14(4)5)8-7-12(3,16)10-13/h11,16H,6-10,13H2,1-5H3. The zero-order valence-electron chi connectivity index (χ0n) is 11.5. The van der Waals surface area contributed by atoms with Crippen LogP contribution in [0.3, 0.4) is 0 Å². The third kappa shape index (κ3) is 6.43. The van der Waals surface area contributed by atoms with Crippen LogP contribution >= 0.6 is 0 Å². The Labute approximate surface area is 100 Å². The first kappa shape index (κ1) is 15.8. The molecule has 0 aromatic rings. The van der Waals surface area contributed by atoms with Gasteiger partial charge in [-0.05, 0) is 40.9 Å². The van der Waals surface area contributed by atoms with Crippen molar-refractivity contribution in [2.45, 2.75) is 38.8 Å². The van der Waals surface area contributed by atoms with E-state index in [-0.39, 0.29) is 0 Å². The molecule has 0 radical (unpaired) electrons. The summed E-state index contributed by atoms with van der Waals surface area (Å²) in [5.74, 6) is 0. The fourth-order valence-corrected chi connectivity index (χ4v) is 1.82. The minimum atomic E-state index is -0.731. The Kier molecular flexibility index (Phi) is 7.15. The summed E-state index contributed by atoms with van der Waals surface area (Å²) in [4.78, 5) is 4.57. The lowest BCUT2D eigenvalue weighted by Crippen LogP contribution is -2.44. The first-order valence-electron chi connectivity index (χ1n) is 6.13. The molecule has 0 bridgehead atoms. The van der Waals surface area contributed by atoms with Crippen LogP contribution < -0.4 is 5.73 Å². The van der Waals surface area contributed by atoms with Gasteiger partial charge in [0.05, 0.1) is 5.60 Å². The van der Waals surface area contributed by atoms with E-state index in [0.717, 1.165) is 26.1 Å². The number of hydrogen-bond donors (Lipinski definition) is 2. The van der Waals surface area contributed by atoms with Gasteiger partial charge in [0.2, 0.25) is 0 Å². The van der Waals surface area contributed by atoms with Crippen LogP contribution in [0.1, 0.15) is 27.2 Å². The Balaban J connectivity index is 4.09. The molecule has 0 spiro atoms. The maximum absolute atomic E-state index is 9.87. The molecule has 0 aliphatic carbocycles. The van der Waals surface area contributed by atoms with Gasteiger partial charge in [0.1, 0.15) is 0 Å². The van der Waals surface area contributed by atoms with Crippen molar-refractivity contribution >= 4 is 0 Å². The molecular weight excluding hydrogens is 202 g/mol. The van der Waals surface area contributed by atoms with Crippen molar-refractivity contribution in [2.75, 3.05) is 40.3 Å². The summed E-state index contributed by atoms with van der Waals surface area (Å²) in [7, 11) is 4.17. The van der Waals surface area contributed by atoms with E-state index in [2.05, 4.69) is 37.7 Å². The normalized spacial score (nSPS) is 17.8. The number of nitrogens with two attached hydrogens (primary N) is 1. The molecule has 0 heterocycles. The quantitative estimate of drug-likeness (QED) is 0.633. The van der Waals surface area contributed by atoms with Crippen LogP contribution in [0, 0.1) is 0 Å². The van der Waals surface area contributed by atoms with E-state index in [0.29, 0.717) is 12.6 Å². The van der Waals surface area contributed by atoms with E-state index < -0.39 is 5.60 Å². The van der Waals surface area contributed by atoms with E-state index in [1.807, 2.05) is 0 Å². The van der Waals surface area contributed by atoms with Crippen molar-refractivity contribution in [3.63, 3.8) is 0 Å². The predicted molar refractivity (Wildman–Crippen MR) is 69.6 cm³/mol. The summed E-state index contributed by atoms with van der Waals surface area (Å²) in [6.07, 6.45) is 0.731. The first-order chi connectivity index (χ1) is 7.32. The Bertz CT molecular complexity index is 183. The highest BCUT2D eigenvalue weighted by atomic mass is 16.3. The molecule has 0 aromatic heterocycles. The van der Waals surface area contributed by atoms with Gasteiger partial charge in [-0.15, -0.1) is 0 Å². The van der Waals surface area contributed by atoms with E-state index >= 15 is 0 Å². The van der Waals surface area contributed by atoms with Gasteiger partial charge in [0.25, 0.3) is 0 Å². The monoisotopic (exact) mass is 231 g/mol. The summed E-state index contributed by atoms with van der Waals surface area (Å²) in [6, 6.07) is 0.508. The summed E-state index contributed by atoms with van der Waals surface area (Å²) in [5, 5.41) is 9.87. The molecule has 16 heavy (non-hydrogen) atoms. The van der Waals surface area contributed by atoms with E-state index in [4.69, 9.17) is 5.73 Å². The maximum Gasteiger partial charge on any atom is 0.0753 e. The molecule has 0 aromatic carbocycles. The number of nitrogens with zero attached hydrogens (tertiary/aromatic N) is 2. The van der Waals surface area contributed by atoms with Crippen LogP contribution in [0.25, 0.3) is 0 Å². The van der Waals surface area contributed by atoms with Crippen molar-refractivity contribution < 1.29 is 5.11 Å². The highest BCUT2D eigenvalue weighted by Gasteiger charge is 2.21. The van der Waals surface area contributed by atoms with Gasteiger partial charge < -0.3 is 15.7 Å². The summed E-state index contributed by atoms with van der Waals surface area (Å²) >= 11 is 0. The molecule has 0 saturated heterocycles. The van der Waals surface area contributed by atoms with Gasteiger partial charge in [-0.2, -0.15) is 0 Å². The molecule has 0 saturated carbocycles. The minimum absolute atomic E-state index is 0.326. The lowest BCUT2D eigenvalue weighted by atomic mass is 10.0. The second-order valence-corrected chi connectivity index (χ2v) is 5.19. The third-order valence-corrected chi connectivity index (χ3v) is 3.04. The molecule has 0 aliphatic rings. The summed E-state index contributed by atoms with van der Waals surface area (Å²) in [5.41, 5.74) is 4.78. The fourth-order valence-electron chi connectivity index (χ4n) is 1.82. The third-order valence-electron chi connectivity index (χ3n) is 3.04. The molecule has 98 valence electrons. The van der Waals surface area contributed by atoms with Crippen LogP contribution in [0.4, 0.5) is 0 Å². The average molecular weight is 231 g/mol. The molecular formula is C12H29N3O. The zero-order valence-corrected chi connectivity index (χ0v) is 11.5. The van der Waals surface area contributed by atoms with Crippen molar-refractivity contribution in [3.05, 3.63) is 0 Å². The molecule has 0 rings (SSSR count). The lowest BCUT2D eigenvalue weighted by molar-refractivity contribution is 0.0417. The Morgan fingerprint density at radius 3 is 2.31 bits per heavy atom. The smallest absolute Gasteiger partial charge is 0.0753 e. The Morgan fingerprint density at radius 1 is 1.38 bits per heavy atom. The molecule has 2 unspecified atom stereocenters. The second-order valence-electron chi connectivity index (χ2n) is 5.19. The number of hydrogen-bond acceptors (Lipinski definition) is 4. The first-order valence-corrected chi connectivity index (χ1v) is 6.13. The van der Waals surface area contributed by atoms with Crippen LogP contribution in [-0.2, 0) is 0 Å². The molecule has 0 amide bonds. The van der Waals surface area contributed by atoms with Gasteiger partial charge in [0, 0.05) is 25.7 Å². The molecule has 3 N–H and O–H groups in total. The van der Waals surface area contributed by atoms with Crippen molar-refractivity contribution in [1.29, 1.82) is 0 Å². The average Bonchev–Trinajstić information content (AvgIpc) is 2.17. The maximum atomic E-state index is 9.87. The van der Waals surface area contributed by atoms with Gasteiger partial charge in [-0.1, -0.05) is 6.92 Å². The van der Waals surface area contributed by atoms with Crippen LogP contribution in [-0.4, -0.2) is 66.8 Å². The van der Waals surface area contributed by atoms with E-state index in [1.54, 1.807) is 6.92 Å². The number of rotatable bonds is 8. The highest BCUT2D eigenvalue weighted by molar-refractivity contribution is 4.77. The van der Waals surface area contributed by atoms with Gasteiger partial charge in [0.15, 0.2) is 0 Å². The van der Waals surface area contributed by atoms with Crippen LogP contribution in [0.15, 0.2) is 0 Å². The topological polar surface area (TPSA) is 52.7 Å². The Morgan fingerprint density at radius 2 is 1.94 bits per heavy atom. The van der Waals surface area contributed by atoms with Crippen LogP contribution in [0.5, 0.6) is 0 Å². The molecule has 0 fully saturated rings. The van der Waals surface area contributed by atoms with Crippen molar-refractivity contribution in [3.8, 4) is 0 Å². The van der Waals surface area contributed by atoms with Crippen molar-refractivity contribution in [2.24, 2.45) is 5.73 Å². The molecule has 0 aliphatic heterocycles. The van der Waals surface area contributed by atoms with Crippen molar-refractivity contribution in [1.82, 2.24) is 9.80 Å². The van der Waals surface area contributed by atoms with Gasteiger partial charge in [-0.3, -0.25) is 4.90 Å². The van der Waals surface area contributed by atoms with Crippen LogP contribution in [0.2, 0.25) is 0 Å². The van der Waals surface area contributed by atoms with E-state index in [1.165, 1.54) is 0 Å². The van der Waals surface area contributed by atoms with Gasteiger partial charge in [-0.25, -0.2) is 0 Å². The highest BCUT2D eigenvalue weighted by Crippen LogP contribution is 2.10. The number of likely N-dealkylation sites (N-methyl/N-ethyl adjacent to an activating group) is 2. The number of aliphatic hydroxyl groups is 1. The van der Waals surface area contributed by atoms with Gasteiger partial charge >= 0.3 is 0 Å². The summed E-state index contributed by atoms with van der Waals surface area (Å²) < 4.78 is 0. The SMILES string of the molecule is CCN(CCC(C)(O)CN)C(C)CN(C)C. The predicted octanol–water partition coefficient (Wildman–Crippen LogP) is 0.358. The largest absolute Gasteiger partial charge is 0.389 e. The lowest BCUT2D eigenvalue weighted by Gasteiger charge is -2.32. The minimum Gasteiger partial charge on any atom is -0.389 e. The zero-order chi connectivity index (χ0) is 12.8. The molecule has 4 nitrogen and oxygen atoms in total.